The molecule has 6 nitrogen and oxygen atoms in total. The molecule has 160 valence electrons. The lowest BCUT2D eigenvalue weighted by Gasteiger charge is -2.38. The zero-order valence-corrected chi connectivity index (χ0v) is 18.0. The van der Waals surface area contributed by atoms with E-state index in [1.165, 1.54) is 12.8 Å². The van der Waals surface area contributed by atoms with E-state index in [2.05, 4.69) is 22.5 Å². The molecule has 2 aromatic rings. The van der Waals surface area contributed by atoms with Crippen molar-refractivity contribution in [3.63, 3.8) is 0 Å². The number of nitrogens with zero attached hydrogens (tertiary/aromatic N) is 2. The van der Waals surface area contributed by atoms with E-state index in [1.807, 2.05) is 42.1 Å². The Labute approximate surface area is 178 Å². The molecule has 3 aliphatic rings. The van der Waals surface area contributed by atoms with E-state index < -0.39 is 0 Å². The predicted octanol–water partition coefficient (Wildman–Crippen LogP) is 2.82. The Balaban J connectivity index is 1.17. The summed E-state index contributed by atoms with van der Waals surface area (Å²) in [5.41, 5.74) is 1.88. The van der Waals surface area contributed by atoms with E-state index in [9.17, 15) is 9.59 Å². The van der Waals surface area contributed by atoms with Crippen LogP contribution in [0.4, 0.5) is 0 Å². The molecular formula is C24H32N4O2. The minimum absolute atomic E-state index is 0.0126. The van der Waals surface area contributed by atoms with Gasteiger partial charge in [0.2, 0.25) is 5.91 Å². The first kappa shape index (κ1) is 19.6. The van der Waals surface area contributed by atoms with Gasteiger partial charge in [-0.2, -0.15) is 0 Å². The number of aromatic nitrogens is 1. The largest absolute Gasteiger partial charge is 0.352 e. The van der Waals surface area contributed by atoms with Gasteiger partial charge in [0.05, 0.1) is 12.1 Å². The van der Waals surface area contributed by atoms with Crippen molar-refractivity contribution >= 4 is 22.7 Å². The Morgan fingerprint density at radius 3 is 2.53 bits per heavy atom. The van der Waals surface area contributed by atoms with Gasteiger partial charge >= 0.3 is 0 Å². The summed E-state index contributed by atoms with van der Waals surface area (Å²) in [6, 6.07) is 8.97. The monoisotopic (exact) mass is 408 g/mol. The Morgan fingerprint density at radius 2 is 1.83 bits per heavy atom. The Hall–Kier alpha value is -2.34. The first-order chi connectivity index (χ1) is 14.4. The number of carbonyl (C=O) groups excluding carboxylic acids is 2. The molecule has 2 amide bonds. The Kier molecular flexibility index (Phi) is 4.85. The average molecular weight is 409 g/mol. The van der Waals surface area contributed by atoms with Gasteiger partial charge in [-0.3, -0.25) is 14.5 Å². The molecule has 1 aromatic heterocycles. The topological polar surface area (TPSA) is 66.4 Å². The minimum Gasteiger partial charge on any atom is -0.352 e. The lowest BCUT2D eigenvalue weighted by Crippen LogP contribution is -2.50. The molecule has 3 fully saturated rings. The quantitative estimate of drug-likeness (QED) is 0.772. The first-order valence-corrected chi connectivity index (χ1v) is 11.3. The third-order valence-electron chi connectivity index (χ3n) is 7.44. The number of carbonyl (C=O) groups is 2. The molecule has 2 aliphatic heterocycles. The molecule has 6 heteroatoms. The number of amides is 2. The SMILES string of the molecule is Cn1cc(C(=O)NC[C@@H]2C[C@H]3CC[C@@H](C2)N3CC(=O)NC2(C)CC2)c2ccccc21. The van der Waals surface area contributed by atoms with Crippen molar-refractivity contribution in [3.8, 4) is 0 Å². The fourth-order valence-corrected chi connectivity index (χ4v) is 5.52. The normalized spacial score (nSPS) is 27.2. The van der Waals surface area contributed by atoms with Gasteiger partial charge in [0.15, 0.2) is 0 Å². The van der Waals surface area contributed by atoms with E-state index in [-0.39, 0.29) is 17.4 Å². The molecule has 0 unspecified atom stereocenters. The average Bonchev–Trinajstić information content (AvgIpc) is 3.29. The number of para-hydroxylation sites is 1. The Bertz CT molecular complexity index is 963. The molecule has 2 N–H and O–H groups in total. The van der Waals surface area contributed by atoms with Crippen LogP contribution in [-0.4, -0.2) is 52.0 Å². The third-order valence-corrected chi connectivity index (χ3v) is 7.44. The maximum Gasteiger partial charge on any atom is 0.253 e. The van der Waals surface area contributed by atoms with Crippen LogP contribution < -0.4 is 10.6 Å². The van der Waals surface area contributed by atoms with E-state index in [1.54, 1.807) is 0 Å². The second kappa shape index (κ2) is 7.41. The zero-order chi connectivity index (χ0) is 20.9. The van der Waals surface area contributed by atoms with Crippen LogP contribution in [0, 0.1) is 5.92 Å². The van der Waals surface area contributed by atoms with Gasteiger partial charge in [-0.05, 0) is 57.4 Å². The van der Waals surface area contributed by atoms with Crippen molar-refractivity contribution in [2.45, 2.75) is 63.1 Å². The summed E-state index contributed by atoms with van der Waals surface area (Å²) in [5, 5.41) is 7.38. The summed E-state index contributed by atoms with van der Waals surface area (Å²) >= 11 is 0. The van der Waals surface area contributed by atoms with Crippen molar-refractivity contribution in [2.24, 2.45) is 13.0 Å². The van der Waals surface area contributed by atoms with Gasteiger partial charge in [0, 0.05) is 48.3 Å². The van der Waals surface area contributed by atoms with Crippen molar-refractivity contribution in [1.82, 2.24) is 20.1 Å². The van der Waals surface area contributed by atoms with E-state index >= 15 is 0 Å². The summed E-state index contributed by atoms with van der Waals surface area (Å²) in [5.74, 6) is 0.676. The molecule has 3 atom stereocenters. The summed E-state index contributed by atoms with van der Waals surface area (Å²) in [7, 11) is 1.98. The van der Waals surface area contributed by atoms with Crippen LogP contribution in [-0.2, 0) is 11.8 Å². The molecule has 3 heterocycles. The van der Waals surface area contributed by atoms with Gasteiger partial charge < -0.3 is 15.2 Å². The van der Waals surface area contributed by atoms with Gasteiger partial charge in [0.25, 0.3) is 5.91 Å². The number of benzene rings is 1. The van der Waals surface area contributed by atoms with Crippen LogP contribution in [0.15, 0.2) is 30.5 Å². The third kappa shape index (κ3) is 3.73. The maximum absolute atomic E-state index is 12.9. The van der Waals surface area contributed by atoms with Gasteiger partial charge in [-0.25, -0.2) is 0 Å². The molecule has 0 radical (unpaired) electrons. The summed E-state index contributed by atoms with van der Waals surface area (Å²) in [6.45, 7) is 3.37. The van der Waals surface area contributed by atoms with Crippen molar-refractivity contribution in [3.05, 3.63) is 36.0 Å². The highest BCUT2D eigenvalue weighted by atomic mass is 16.2. The van der Waals surface area contributed by atoms with E-state index in [0.29, 0.717) is 31.1 Å². The Morgan fingerprint density at radius 1 is 1.13 bits per heavy atom. The summed E-state index contributed by atoms with van der Waals surface area (Å²) in [4.78, 5) is 27.7. The van der Waals surface area contributed by atoms with Crippen LogP contribution in [0.2, 0.25) is 0 Å². The van der Waals surface area contributed by atoms with Crippen LogP contribution in [0.3, 0.4) is 0 Å². The number of piperidine rings is 1. The van der Waals surface area contributed by atoms with Crippen LogP contribution in [0.5, 0.6) is 0 Å². The standard InChI is InChI=1S/C24H32N4O2/c1-24(9-10-24)26-22(29)15-28-17-7-8-18(28)12-16(11-17)13-25-23(30)20-14-27(2)21-6-4-3-5-19(20)21/h3-6,14,16-18H,7-13,15H2,1-2H3,(H,25,30)(H,26,29)/t16-,17-,18+. The molecule has 30 heavy (non-hydrogen) atoms. The lowest BCUT2D eigenvalue weighted by molar-refractivity contribution is -0.124. The van der Waals surface area contributed by atoms with Gasteiger partial charge in [-0.1, -0.05) is 18.2 Å². The van der Waals surface area contributed by atoms with Crippen LogP contribution >= 0.6 is 0 Å². The van der Waals surface area contributed by atoms with Crippen molar-refractivity contribution in [1.29, 1.82) is 0 Å². The molecule has 1 saturated carbocycles. The number of nitrogens with one attached hydrogen (secondary N) is 2. The molecular weight excluding hydrogens is 376 g/mol. The van der Waals surface area contributed by atoms with Crippen molar-refractivity contribution < 1.29 is 9.59 Å². The molecule has 5 rings (SSSR count). The molecule has 2 saturated heterocycles. The fourth-order valence-electron chi connectivity index (χ4n) is 5.52. The first-order valence-electron chi connectivity index (χ1n) is 11.3. The predicted molar refractivity (Wildman–Crippen MR) is 117 cm³/mol. The molecule has 1 aliphatic carbocycles. The number of rotatable bonds is 6. The second-order valence-corrected chi connectivity index (χ2v) is 9.88. The smallest absolute Gasteiger partial charge is 0.253 e. The number of hydrogen-bond donors (Lipinski definition) is 2. The summed E-state index contributed by atoms with van der Waals surface area (Å²) < 4.78 is 2.01. The van der Waals surface area contributed by atoms with E-state index in [0.717, 1.165) is 42.1 Å². The van der Waals surface area contributed by atoms with Gasteiger partial charge in [-0.15, -0.1) is 0 Å². The highest BCUT2D eigenvalue weighted by molar-refractivity contribution is 6.06. The highest BCUT2D eigenvalue weighted by Crippen LogP contribution is 2.39. The van der Waals surface area contributed by atoms with Crippen LogP contribution in [0.25, 0.3) is 10.9 Å². The minimum atomic E-state index is 0.0126. The fraction of sp³-hybridized carbons (Fsp3) is 0.583. The van der Waals surface area contributed by atoms with Crippen molar-refractivity contribution in [2.75, 3.05) is 13.1 Å². The number of fused-ring (bicyclic) bond motifs is 3. The molecule has 0 spiro atoms. The second-order valence-electron chi connectivity index (χ2n) is 9.88. The lowest BCUT2D eigenvalue weighted by atomic mass is 9.90. The number of aryl methyl sites for hydroxylation is 1. The highest BCUT2D eigenvalue weighted by Gasteiger charge is 2.43. The zero-order valence-electron chi connectivity index (χ0n) is 18.0. The maximum atomic E-state index is 12.9. The van der Waals surface area contributed by atoms with E-state index in [4.69, 9.17) is 0 Å². The van der Waals surface area contributed by atoms with Gasteiger partial charge in [0.1, 0.15) is 0 Å². The van der Waals surface area contributed by atoms with Crippen LogP contribution in [0.1, 0.15) is 55.8 Å². The molecule has 2 bridgehead atoms. The molecule has 1 aromatic carbocycles. The summed E-state index contributed by atoms with van der Waals surface area (Å²) in [6.07, 6.45) is 8.60. The number of hydrogen-bond acceptors (Lipinski definition) is 3.